The number of fused-ring (bicyclic) bond motifs is 1. The van der Waals surface area contributed by atoms with E-state index in [0.717, 1.165) is 0 Å². The van der Waals surface area contributed by atoms with Gasteiger partial charge in [0.25, 0.3) is 0 Å². The van der Waals surface area contributed by atoms with Crippen molar-refractivity contribution in [3.8, 4) is 0 Å². The van der Waals surface area contributed by atoms with Crippen molar-refractivity contribution in [3.63, 3.8) is 0 Å². The quantitative estimate of drug-likeness (QED) is 0.475. The van der Waals surface area contributed by atoms with Crippen molar-refractivity contribution in [2.45, 2.75) is 32.0 Å². The van der Waals surface area contributed by atoms with E-state index in [1.807, 2.05) is 19.1 Å². The molecule has 2 aliphatic heterocycles. The maximum absolute atomic E-state index is 5.54. The van der Waals surface area contributed by atoms with Crippen LogP contribution in [0.5, 0.6) is 0 Å². The molecule has 0 saturated heterocycles. The molecule has 2 bridgehead atoms. The van der Waals surface area contributed by atoms with Crippen LogP contribution in [0.3, 0.4) is 0 Å². The minimum Gasteiger partial charge on any atom is -0.220 e. The van der Waals surface area contributed by atoms with Gasteiger partial charge in [-0.05, 0) is 43.5 Å². The van der Waals surface area contributed by atoms with E-state index < -0.39 is 11.2 Å². The predicted octanol–water partition coefficient (Wildman–Crippen LogP) is 3.04. The monoisotopic (exact) mass is 202 g/mol. The van der Waals surface area contributed by atoms with Crippen molar-refractivity contribution in [1.82, 2.24) is 0 Å². The van der Waals surface area contributed by atoms with E-state index in [1.54, 1.807) is 0 Å². The first-order valence-electron chi connectivity index (χ1n) is 5.23. The molecule has 2 heterocycles. The summed E-state index contributed by atoms with van der Waals surface area (Å²) in [4.78, 5) is 11.0. The first-order chi connectivity index (χ1) is 7.06. The van der Waals surface area contributed by atoms with E-state index in [9.17, 15) is 0 Å². The van der Waals surface area contributed by atoms with Crippen molar-refractivity contribution < 1.29 is 9.78 Å². The Morgan fingerprint density at radius 3 is 2.33 bits per heavy atom. The minimum absolute atomic E-state index is 0.408. The lowest BCUT2D eigenvalue weighted by atomic mass is 9.73. The lowest BCUT2D eigenvalue weighted by molar-refractivity contribution is -0.418. The molecule has 0 radical (unpaired) electrons. The Hall–Kier alpha value is -1.12. The largest absolute Gasteiger partial charge is 0.220 e. The Balaban J connectivity index is 2.36. The summed E-state index contributed by atoms with van der Waals surface area (Å²) in [5, 5.41) is 0. The molecule has 0 N–H and O–H groups in total. The topological polar surface area (TPSA) is 18.5 Å². The summed E-state index contributed by atoms with van der Waals surface area (Å²) in [5.41, 5.74) is 2.82. The highest BCUT2D eigenvalue weighted by atomic mass is 17.2. The van der Waals surface area contributed by atoms with Crippen LogP contribution in [0, 0.1) is 0 Å². The average Bonchev–Trinajstić information content (AvgIpc) is 2.23. The first-order valence-corrected chi connectivity index (χ1v) is 5.23. The predicted molar refractivity (Wildman–Crippen MR) is 57.1 cm³/mol. The Bertz CT molecular complexity index is 463. The Morgan fingerprint density at radius 2 is 1.67 bits per heavy atom. The van der Waals surface area contributed by atoms with Crippen LogP contribution in [0.2, 0.25) is 0 Å². The van der Waals surface area contributed by atoms with E-state index >= 15 is 0 Å². The zero-order valence-corrected chi connectivity index (χ0v) is 9.20. The van der Waals surface area contributed by atoms with E-state index in [4.69, 9.17) is 9.78 Å². The van der Waals surface area contributed by atoms with E-state index in [0.29, 0.717) is 0 Å². The highest BCUT2D eigenvalue weighted by Crippen LogP contribution is 2.51. The van der Waals surface area contributed by atoms with E-state index in [-0.39, 0.29) is 0 Å². The molecule has 1 aliphatic carbocycles. The molecule has 0 saturated carbocycles. The molecule has 4 rings (SSSR count). The van der Waals surface area contributed by atoms with Crippen LogP contribution in [0.15, 0.2) is 35.9 Å². The number of hydrogen-bond acceptors (Lipinski definition) is 2. The standard InChI is InChI=1S/C13H14O2/c1-9-8-12(2)10-6-4-5-7-11(10)13(9,3)15-14-12/h4-8H,1-3H3/t12-,13+/m0/s1. The van der Waals surface area contributed by atoms with Gasteiger partial charge in [-0.25, -0.2) is 9.78 Å². The SMILES string of the molecule is CC1=C[C@]2(C)OO[C@@]1(C)c1ccccc12. The molecule has 78 valence electrons. The second-order valence-electron chi connectivity index (χ2n) is 4.68. The summed E-state index contributed by atoms with van der Waals surface area (Å²) in [6.07, 6.45) is 2.15. The molecule has 0 aromatic heterocycles. The number of benzene rings is 1. The van der Waals surface area contributed by atoms with Gasteiger partial charge in [0.1, 0.15) is 11.2 Å². The molecule has 1 aromatic rings. The molecule has 0 fully saturated rings. The van der Waals surface area contributed by atoms with Gasteiger partial charge in [-0.15, -0.1) is 0 Å². The van der Waals surface area contributed by atoms with Crippen LogP contribution in [-0.2, 0) is 21.0 Å². The van der Waals surface area contributed by atoms with Crippen molar-refractivity contribution in [2.24, 2.45) is 0 Å². The lowest BCUT2D eigenvalue weighted by Crippen LogP contribution is -2.46. The molecule has 1 aromatic carbocycles. The Kier molecular flexibility index (Phi) is 1.53. The fourth-order valence-corrected chi connectivity index (χ4v) is 2.52. The zero-order chi connectivity index (χ0) is 10.7. The molecule has 0 amide bonds. The lowest BCUT2D eigenvalue weighted by Gasteiger charge is -2.47. The van der Waals surface area contributed by atoms with Crippen molar-refractivity contribution in [3.05, 3.63) is 47.0 Å². The Morgan fingerprint density at radius 1 is 1.00 bits per heavy atom. The third kappa shape index (κ3) is 0.959. The second kappa shape index (κ2) is 2.52. The summed E-state index contributed by atoms with van der Waals surface area (Å²) < 4.78 is 0. The third-order valence-corrected chi connectivity index (χ3v) is 3.60. The highest BCUT2D eigenvalue weighted by Gasteiger charge is 2.50. The fourth-order valence-electron chi connectivity index (χ4n) is 2.52. The van der Waals surface area contributed by atoms with Crippen LogP contribution < -0.4 is 0 Å². The molecule has 15 heavy (non-hydrogen) atoms. The number of rotatable bonds is 0. The van der Waals surface area contributed by atoms with Crippen molar-refractivity contribution in [1.29, 1.82) is 0 Å². The normalized spacial score (nSPS) is 37.4. The van der Waals surface area contributed by atoms with Gasteiger partial charge in [-0.3, -0.25) is 0 Å². The van der Waals surface area contributed by atoms with Crippen molar-refractivity contribution in [2.75, 3.05) is 0 Å². The molecule has 3 aliphatic rings. The molecule has 0 unspecified atom stereocenters. The summed E-state index contributed by atoms with van der Waals surface area (Å²) >= 11 is 0. The molecular formula is C13H14O2. The van der Waals surface area contributed by atoms with Gasteiger partial charge < -0.3 is 0 Å². The van der Waals surface area contributed by atoms with Crippen molar-refractivity contribution >= 4 is 0 Å². The van der Waals surface area contributed by atoms with Gasteiger partial charge in [0.15, 0.2) is 0 Å². The summed E-state index contributed by atoms with van der Waals surface area (Å²) in [5.74, 6) is 0. The van der Waals surface area contributed by atoms with Crippen LogP contribution in [-0.4, -0.2) is 0 Å². The van der Waals surface area contributed by atoms with Gasteiger partial charge in [-0.1, -0.05) is 24.3 Å². The maximum Gasteiger partial charge on any atom is 0.147 e. The maximum atomic E-state index is 5.54. The van der Waals surface area contributed by atoms with Crippen LogP contribution in [0.4, 0.5) is 0 Å². The highest BCUT2D eigenvalue weighted by molar-refractivity contribution is 5.49. The molecule has 2 heteroatoms. The van der Waals surface area contributed by atoms with Crippen LogP contribution in [0.1, 0.15) is 31.9 Å². The average molecular weight is 202 g/mol. The first kappa shape index (κ1) is 9.13. The zero-order valence-electron chi connectivity index (χ0n) is 9.20. The third-order valence-electron chi connectivity index (χ3n) is 3.60. The second-order valence-corrected chi connectivity index (χ2v) is 4.68. The Labute approximate surface area is 89.4 Å². The molecule has 2 atom stereocenters. The molecule has 0 spiro atoms. The van der Waals surface area contributed by atoms with Gasteiger partial charge >= 0.3 is 0 Å². The minimum atomic E-state index is -0.418. The summed E-state index contributed by atoms with van der Waals surface area (Å²) in [7, 11) is 0. The fraction of sp³-hybridized carbons (Fsp3) is 0.385. The van der Waals surface area contributed by atoms with Crippen LogP contribution >= 0.6 is 0 Å². The summed E-state index contributed by atoms with van der Waals surface area (Å²) in [6.45, 7) is 6.18. The number of hydrogen-bond donors (Lipinski definition) is 0. The van der Waals surface area contributed by atoms with E-state index in [1.165, 1.54) is 16.7 Å². The van der Waals surface area contributed by atoms with Gasteiger partial charge in [-0.2, -0.15) is 0 Å². The van der Waals surface area contributed by atoms with Gasteiger partial charge in [0.05, 0.1) is 0 Å². The molecular weight excluding hydrogens is 188 g/mol. The van der Waals surface area contributed by atoms with Gasteiger partial charge in [0.2, 0.25) is 0 Å². The van der Waals surface area contributed by atoms with Gasteiger partial charge in [0, 0.05) is 0 Å². The summed E-state index contributed by atoms with van der Waals surface area (Å²) in [6, 6.07) is 8.32. The molecule has 2 nitrogen and oxygen atoms in total. The smallest absolute Gasteiger partial charge is 0.147 e. The van der Waals surface area contributed by atoms with E-state index in [2.05, 4.69) is 32.1 Å². The van der Waals surface area contributed by atoms with Crippen LogP contribution in [0.25, 0.3) is 0 Å².